The average molecular weight is 398 g/mol. The van der Waals surface area contributed by atoms with Crippen molar-refractivity contribution >= 4 is 40.9 Å². The Labute approximate surface area is 166 Å². The molecule has 0 atom stereocenters. The maximum Gasteiger partial charge on any atom is 0.236 e. The van der Waals surface area contributed by atoms with Gasteiger partial charge in [-0.3, -0.25) is 4.79 Å². The summed E-state index contributed by atoms with van der Waals surface area (Å²) in [6.45, 7) is 0. The van der Waals surface area contributed by atoms with Crippen LogP contribution >= 0.6 is 11.8 Å². The molecule has 0 bridgehead atoms. The van der Waals surface area contributed by atoms with E-state index in [4.69, 9.17) is 5.73 Å². The van der Waals surface area contributed by atoms with Crippen molar-refractivity contribution in [3.8, 4) is 0 Å². The number of nitrogens with two attached hydrogens (primary N) is 1. The molecule has 9 heteroatoms. The minimum Gasteiger partial charge on any atom is -0.368 e. The Hall–Kier alpha value is -3.20. The largest absolute Gasteiger partial charge is 0.368 e. The highest BCUT2D eigenvalue weighted by Gasteiger charge is 2.12. The lowest BCUT2D eigenvalue weighted by Crippen LogP contribution is -2.27. The standard InChI is InChI=1S/C19H19FN6OS/c1-26(15-5-3-2-4-6-15)17(27)12-28-11-16-23-18(21)25-19(24-16)22-14-9-7-13(20)8-10-14/h2-10H,11-12H2,1H3,(H3,21,22,23,24,25). The van der Waals surface area contributed by atoms with Crippen LogP contribution < -0.4 is 16.0 Å². The number of nitrogen functional groups attached to an aromatic ring is 1. The molecule has 3 rings (SSSR count). The molecule has 0 fully saturated rings. The first-order valence-corrected chi connectivity index (χ1v) is 9.59. The molecule has 0 aliphatic rings. The molecule has 144 valence electrons. The van der Waals surface area contributed by atoms with Gasteiger partial charge in [0.05, 0.1) is 11.5 Å². The highest BCUT2D eigenvalue weighted by atomic mass is 32.2. The van der Waals surface area contributed by atoms with E-state index >= 15 is 0 Å². The van der Waals surface area contributed by atoms with Crippen molar-refractivity contribution in [3.63, 3.8) is 0 Å². The lowest BCUT2D eigenvalue weighted by atomic mass is 10.3. The van der Waals surface area contributed by atoms with Gasteiger partial charge in [-0.15, -0.1) is 11.8 Å². The molecule has 0 aliphatic carbocycles. The molecule has 1 aromatic heterocycles. The molecule has 3 N–H and O–H groups in total. The molecule has 0 saturated carbocycles. The normalized spacial score (nSPS) is 10.5. The fourth-order valence-electron chi connectivity index (χ4n) is 2.34. The first kappa shape index (κ1) is 19.6. The molecule has 0 aliphatic heterocycles. The van der Waals surface area contributed by atoms with Crippen LogP contribution in [0.15, 0.2) is 54.6 Å². The second kappa shape index (κ2) is 9.14. The topological polar surface area (TPSA) is 97.0 Å². The number of amides is 1. The molecule has 0 saturated heterocycles. The Balaban J connectivity index is 1.57. The number of thioether (sulfide) groups is 1. The van der Waals surface area contributed by atoms with Crippen molar-refractivity contribution in [1.82, 2.24) is 15.0 Å². The third kappa shape index (κ3) is 5.40. The fraction of sp³-hybridized carbons (Fsp3) is 0.158. The van der Waals surface area contributed by atoms with Crippen molar-refractivity contribution in [2.24, 2.45) is 0 Å². The first-order chi connectivity index (χ1) is 13.5. The second-order valence-electron chi connectivity index (χ2n) is 5.85. The number of hydrogen-bond acceptors (Lipinski definition) is 7. The van der Waals surface area contributed by atoms with E-state index in [-0.39, 0.29) is 29.4 Å². The maximum atomic E-state index is 13.0. The molecule has 1 amide bonds. The van der Waals surface area contributed by atoms with Crippen molar-refractivity contribution in [1.29, 1.82) is 0 Å². The van der Waals surface area contributed by atoms with E-state index in [1.165, 1.54) is 23.9 Å². The van der Waals surface area contributed by atoms with Crippen LogP contribution in [0, 0.1) is 5.82 Å². The zero-order chi connectivity index (χ0) is 19.9. The van der Waals surface area contributed by atoms with Gasteiger partial charge < -0.3 is 16.0 Å². The number of nitrogens with zero attached hydrogens (tertiary/aromatic N) is 4. The van der Waals surface area contributed by atoms with E-state index in [1.54, 1.807) is 24.1 Å². The molecule has 28 heavy (non-hydrogen) atoms. The predicted molar refractivity (Wildman–Crippen MR) is 110 cm³/mol. The third-order valence-electron chi connectivity index (χ3n) is 3.77. The van der Waals surface area contributed by atoms with Crippen LogP contribution in [0.2, 0.25) is 0 Å². The Morgan fingerprint density at radius 2 is 1.82 bits per heavy atom. The van der Waals surface area contributed by atoms with Gasteiger partial charge in [0.25, 0.3) is 0 Å². The minimum atomic E-state index is -0.331. The van der Waals surface area contributed by atoms with E-state index in [0.29, 0.717) is 17.3 Å². The van der Waals surface area contributed by atoms with Gasteiger partial charge in [-0.1, -0.05) is 18.2 Å². The summed E-state index contributed by atoms with van der Waals surface area (Å²) in [5.74, 6) is 1.12. The molecule has 7 nitrogen and oxygen atoms in total. The summed E-state index contributed by atoms with van der Waals surface area (Å²) in [7, 11) is 1.74. The summed E-state index contributed by atoms with van der Waals surface area (Å²) in [6.07, 6.45) is 0. The lowest BCUT2D eigenvalue weighted by molar-refractivity contribution is -0.115. The number of carbonyl (C=O) groups excluding carboxylic acids is 1. The zero-order valence-electron chi connectivity index (χ0n) is 15.2. The predicted octanol–water partition coefficient (Wildman–Crippen LogP) is 3.23. The van der Waals surface area contributed by atoms with Gasteiger partial charge >= 0.3 is 0 Å². The highest BCUT2D eigenvalue weighted by molar-refractivity contribution is 7.99. The van der Waals surface area contributed by atoms with Gasteiger partial charge in [0.15, 0.2) is 0 Å². The number of carbonyl (C=O) groups is 1. The molecule has 1 heterocycles. The van der Waals surface area contributed by atoms with E-state index in [9.17, 15) is 9.18 Å². The number of aromatic nitrogens is 3. The van der Waals surface area contributed by atoms with Gasteiger partial charge in [-0.05, 0) is 36.4 Å². The smallest absolute Gasteiger partial charge is 0.236 e. The van der Waals surface area contributed by atoms with Gasteiger partial charge in [-0.25, -0.2) is 4.39 Å². The number of para-hydroxylation sites is 1. The molecule has 0 radical (unpaired) electrons. The van der Waals surface area contributed by atoms with Crippen LogP contribution in [0.5, 0.6) is 0 Å². The first-order valence-electron chi connectivity index (χ1n) is 8.43. The van der Waals surface area contributed by atoms with Gasteiger partial charge in [0.1, 0.15) is 11.6 Å². The Kier molecular flexibility index (Phi) is 6.38. The molecule has 2 aromatic carbocycles. The number of hydrogen-bond donors (Lipinski definition) is 2. The Bertz CT molecular complexity index is 939. The van der Waals surface area contributed by atoms with Crippen LogP contribution in [0.4, 0.5) is 27.7 Å². The van der Waals surface area contributed by atoms with Crippen LogP contribution in [0.1, 0.15) is 5.82 Å². The van der Waals surface area contributed by atoms with Crippen LogP contribution in [-0.2, 0) is 10.5 Å². The van der Waals surface area contributed by atoms with Gasteiger partial charge in [-0.2, -0.15) is 15.0 Å². The summed E-state index contributed by atoms with van der Waals surface area (Å²) in [5.41, 5.74) is 7.21. The van der Waals surface area contributed by atoms with Crippen LogP contribution in [0.3, 0.4) is 0 Å². The van der Waals surface area contributed by atoms with Crippen molar-refractivity contribution in [2.75, 3.05) is 28.8 Å². The summed E-state index contributed by atoms with van der Waals surface area (Å²) in [5, 5.41) is 2.96. The van der Waals surface area contributed by atoms with Crippen molar-refractivity contribution in [3.05, 3.63) is 66.2 Å². The molecular weight excluding hydrogens is 379 g/mol. The van der Waals surface area contributed by atoms with Gasteiger partial charge in [0, 0.05) is 18.4 Å². The number of anilines is 4. The van der Waals surface area contributed by atoms with Crippen molar-refractivity contribution < 1.29 is 9.18 Å². The summed E-state index contributed by atoms with van der Waals surface area (Å²) >= 11 is 1.39. The monoisotopic (exact) mass is 398 g/mol. The van der Waals surface area contributed by atoms with E-state index in [2.05, 4.69) is 20.3 Å². The third-order valence-corrected chi connectivity index (χ3v) is 4.69. The van der Waals surface area contributed by atoms with E-state index in [0.717, 1.165) is 5.69 Å². The second-order valence-corrected chi connectivity index (χ2v) is 6.83. The maximum absolute atomic E-state index is 13.0. The SMILES string of the molecule is CN(C(=O)CSCc1nc(N)nc(Nc2ccc(F)cc2)n1)c1ccccc1. The Morgan fingerprint density at radius 1 is 1.11 bits per heavy atom. The minimum absolute atomic E-state index is 0.0251. The summed E-state index contributed by atoms with van der Waals surface area (Å²) in [4.78, 5) is 26.4. The molecule has 0 unspecified atom stereocenters. The summed E-state index contributed by atoms with van der Waals surface area (Å²) in [6, 6.07) is 15.2. The van der Waals surface area contributed by atoms with E-state index < -0.39 is 0 Å². The molecule has 3 aromatic rings. The zero-order valence-corrected chi connectivity index (χ0v) is 16.0. The van der Waals surface area contributed by atoms with Crippen LogP contribution in [-0.4, -0.2) is 33.7 Å². The van der Waals surface area contributed by atoms with Gasteiger partial charge in [0.2, 0.25) is 17.8 Å². The lowest BCUT2D eigenvalue weighted by Gasteiger charge is -2.16. The average Bonchev–Trinajstić information content (AvgIpc) is 2.69. The highest BCUT2D eigenvalue weighted by Crippen LogP contribution is 2.17. The van der Waals surface area contributed by atoms with Crippen molar-refractivity contribution in [2.45, 2.75) is 5.75 Å². The Morgan fingerprint density at radius 3 is 2.54 bits per heavy atom. The molecule has 0 spiro atoms. The molecular formula is C19H19FN6OS. The number of nitrogens with one attached hydrogen (secondary N) is 1. The van der Waals surface area contributed by atoms with E-state index in [1.807, 2.05) is 30.3 Å². The quantitative estimate of drug-likeness (QED) is 0.631. The summed E-state index contributed by atoms with van der Waals surface area (Å²) < 4.78 is 13.0. The fourth-order valence-corrected chi connectivity index (χ4v) is 3.12. The number of benzene rings is 2. The van der Waals surface area contributed by atoms with Crippen LogP contribution in [0.25, 0.3) is 0 Å². The number of halogens is 1. The number of rotatable bonds is 7.